The molecule has 0 unspecified atom stereocenters. The Kier molecular flexibility index (Phi) is 5.52. The summed E-state index contributed by atoms with van der Waals surface area (Å²) < 4.78 is 0. The number of nitrogens with zero attached hydrogens (tertiary/aromatic N) is 6. The van der Waals surface area contributed by atoms with E-state index in [1.807, 2.05) is 25.1 Å². The van der Waals surface area contributed by atoms with Gasteiger partial charge in [-0.2, -0.15) is 5.26 Å². The second-order valence-corrected chi connectivity index (χ2v) is 7.00. The van der Waals surface area contributed by atoms with E-state index < -0.39 is 0 Å². The summed E-state index contributed by atoms with van der Waals surface area (Å²) in [6.45, 7) is 4.96. The molecule has 3 aromatic rings. The van der Waals surface area contributed by atoms with E-state index in [1.54, 1.807) is 36.5 Å². The largest absolute Gasteiger partial charge is 0.353 e. The minimum absolute atomic E-state index is 0.307. The number of aryl methyl sites for hydroxylation is 1. The van der Waals surface area contributed by atoms with E-state index in [9.17, 15) is 4.79 Å². The van der Waals surface area contributed by atoms with E-state index in [4.69, 9.17) is 5.26 Å². The maximum absolute atomic E-state index is 12.7. The zero-order valence-corrected chi connectivity index (χ0v) is 16.6. The lowest BCUT2D eigenvalue weighted by Gasteiger charge is -2.35. The number of hydrogen-bond acceptors (Lipinski definition) is 7. The van der Waals surface area contributed by atoms with E-state index in [-0.39, 0.29) is 5.91 Å². The van der Waals surface area contributed by atoms with Crippen molar-refractivity contribution in [2.75, 3.05) is 41.3 Å². The summed E-state index contributed by atoms with van der Waals surface area (Å²) in [6.07, 6.45) is 1.80. The number of nitrogens with one attached hydrogen (secondary N) is 1. The molecule has 1 aliphatic heterocycles. The van der Waals surface area contributed by atoms with Crippen molar-refractivity contribution in [1.29, 1.82) is 5.26 Å². The number of amides is 1. The fourth-order valence-corrected chi connectivity index (χ4v) is 3.31. The van der Waals surface area contributed by atoms with Crippen LogP contribution in [0, 0.1) is 18.3 Å². The fourth-order valence-electron chi connectivity index (χ4n) is 3.31. The van der Waals surface area contributed by atoms with Gasteiger partial charge in [0.05, 0.1) is 11.6 Å². The van der Waals surface area contributed by atoms with Gasteiger partial charge in [-0.3, -0.25) is 4.79 Å². The topological polar surface area (TPSA) is 98.0 Å². The number of hydrogen-bond donors (Lipinski definition) is 1. The van der Waals surface area contributed by atoms with Crippen molar-refractivity contribution < 1.29 is 4.79 Å². The van der Waals surface area contributed by atoms with Gasteiger partial charge in [0.1, 0.15) is 11.5 Å². The molecule has 1 saturated heterocycles. The maximum Gasteiger partial charge on any atom is 0.274 e. The monoisotopic (exact) mass is 399 g/mol. The van der Waals surface area contributed by atoms with Gasteiger partial charge in [-0.15, -0.1) is 0 Å². The van der Waals surface area contributed by atoms with Crippen LogP contribution >= 0.6 is 0 Å². The van der Waals surface area contributed by atoms with Gasteiger partial charge in [-0.1, -0.05) is 6.07 Å². The summed E-state index contributed by atoms with van der Waals surface area (Å²) in [7, 11) is 0. The van der Waals surface area contributed by atoms with E-state index >= 15 is 0 Å². The molecule has 1 fully saturated rings. The minimum Gasteiger partial charge on any atom is -0.353 e. The standard InChI is InChI=1S/C22H21N7O/c1-16-14-19(21(30)26-18-7-5-17(15-23)6-8-18)27-22(25-16)29-12-10-28(11-13-29)20-4-2-3-9-24-20/h2-9,14H,10-13H2,1H3,(H,26,30). The van der Waals surface area contributed by atoms with Crippen LogP contribution in [0.3, 0.4) is 0 Å². The Balaban J connectivity index is 1.45. The van der Waals surface area contributed by atoms with Crippen molar-refractivity contribution in [2.24, 2.45) is 0 Å². The maximum atomic E-state index is 12.7. The van der Waals surface area contributed by atoms with Gasteiger partial charge in [0.25, 0.3) is 5.91 Å². The first kappa shape index (κ1) is 19.3. The van der Waals surface area contributed by atoms with Crippen LogP contribution in [0.2, 0.25) is 0 Å². The van der Waals surface area contributed by atoms with E-state index in [2.05, 4.69) is 36.1 Å². The SMILES string of the molecule is Cc1cc(C(=O)Nc2ccc(C#N)cc2)nc(N2CCN(c3ccccn3)CC2)n1. The zero-order valence-electron chi connectivity index (χ0n) is 16.6. The highest BCUT2D eigenvalue weighted by Gasteiger charge is 2.21. The van der Waals surface area contributed by atoms with Crippen molar-refractivity contribution in [2.45, 2.75) is 6.92 Å². The minimum atomic E-state index is -0.307. The highest BCUT2D eigenvalue weighted by molar-refractivity contribution is 6.03. The zero-order chi connectivity index (χ0) is 20.9. The number of rotatable bonds is 4. The molecule has 0 atom stereocenters. The Hall–Kier alpha value is -3.99. The lowest BCUT2D eigenvalue weighted by Crippen LogP contribution is -2.47. The van der Waals surface area contributed by atoms with Gasteiger partial charge >= 0.3 is 0 Å². The van der Waals surface area contributed by atoms with Crippen LogP contribution in [0.15, 0.2) is 54.7 Å². The third kappa shape index (κ3) is 4.36. The smallest absolute Gasteiger partial charge is 0.274 e. The molecule has 1 amide bonds. The summed E-state index contributed by atoms with van der Waals surface area (Å²) in [5.74, 6) is 1.21. The number of pyridine rings is 1. The summed E-state index contributed by atoms with van der Waals surface area (Å²) in [5.41, 5.74) is 2.20. The first-order chi connectivity index (χ1) is 14.6. The molecule has 0 spiro atoms. The second kappa shape index (κ2) is 8.57. The normalized spacial score (nSPS) is 13.6. The average molecular weight is 399 g/mol. The van der Waals surface area contributed by atoms with Gasteiger partial charge in [0.15, 0.2) is 0 Å². The Morgan fingerprint density at radius 2 is 1.77 bits per heavy atom. The van der Waals surface area contributed by atoms with Crippen molar-refractivity contribution >= 4 is 23.4 Å². The fraction of sp³-hybridized carbons (Fsp3) is 0.227. The number of carbonyl (C=O) groups is 1. The van der Waals surface area contributed by atoms with Crippen LogP contribution < -0.4 is 15.1 Å². The molecule has 0 saturated carbocycles. The molecule has 0 aliphatic carbocycles. The summed E-state index contributed by atoms with van der Waals surface area (Å²) >= 11 is 0. The molecular formula is C22H21N7O. The number of anilines is 3. The molecule has 3 heterocycles. The van der Waals surface area contributed by atoms with Crippen LogP contribution in [0.5, 0.6) is 0 Å². The molecule has 1 aromatic carbocycles. The van der Waals surface area contributed by atoms with Crippen molar-refractivity contribution in [3.63, 3.8) is 0 Å². The van der Waals surface area contributed by atoms with E-state index in [0.717, 1.165) is 37.7 Å². The molecule has 1 N–H and O–H groups in total. The molecule has 8 nitrogen and oxygen atoms in total. The quantitative estimate of drug-likeness (QED) is 0.720. The molecule has 1 aliphatic rings. The predicted octanol–water partition coefficient (Wildman–Crippen LogP) is 2.63. The van der Waals surface area contributed by atoms with Crippen molar-refractivity contribution in [1.82, 2.24) is 15.0 Å². The van der Waals surface area contributed by atoms with Gasteiger partial charge in [0.2, 0.25) is 5.95 Å². The lowest BCUT2D eigenvalue weighted by atomic mass is 10.2. The Morgan fingerprint density at radius 3 is 2.43 bits per heavy atom. The van der Waals surface area contributed by atoms with Gasteiger partial charge < -0.3 is 15.1 Å². The molecule has 2 aromatic heterocycles. The third-order valence-corrected chi connectivity index (χ3v) is 4.88. The molecule has 0 radical (unpaired) electrons. The average Bonchev–Trinajstić information content (AvgIpc) is 2.80. The van der Waals surface area contributed by atoms with Crippen molar-refractivity contribution in [3.05, 3.63) is 71.7 Å². The predicted molar refractivity (Wildman–Crippen MR) is 115 cm³/mol. The second-order valence-electron chi connectivity index (χ2n) is 7.00. The van der Waals surface area contributed by atoms with Gasteiger partial charge in [-0.25, -0.2) is 15.0 Å². The van der Waals surface area contributed by atoms with Gasteiger partial charge in [-0.05, 0) is 49.4 Å². The van der Waals surface area contributed by atoms with Gasteiger partial charge in [0, 0.05) is 43.8 Å². The van der Waals surface area contributed by atoms with Crippen LogP contribution in [0.1, 0.15) is 21.7 Å². The molecule has 0 bridgehead atoms. The Bertz CT molecular complexity index is 1070. The molecule has 8 heteroatoms. The number of piperazine rings is 1. The number of carbonyl (C=O) groups excluding carboxylic acids is 1. The van der Waals surface area contributed by atoms with Crippen LogP contribution in [-0.2, 0) is 0 Å². The Labute approximate surface area is 174 Å². The molecular weight excluding hydrogens is 378 g/mol. The Morgan fingerprint density at radius 1 is 1.03 bits per heavy atom. The number of aromatic nitrogens is 3. The first-order valence-corrected chi connectivity index (χ1v) is 9.70. The third-order valence-electron chi connectivity index (χ3n) is 4.88. The number of nitriles is 1. The molecule has 30 heavy (non-hydrogen) atoms. The summed E-state index contributed by atoms with van der Waals surface area (Å²) in [4.78, 5) is 30.4. The van der Waals surface area contributed by atoms with E-state index in [1.165, 1.54) is 0 Å². The molecule has 150 valence electrons. The summed E-state index contributed by atoms with van der Waals surface area (Å²) in [6, 6.07) is 16.3. The highest BCUT2D eigenvalue weighted by atomic mass is 16.1. The van der Waals surface area contributed by atoms with Crippen molar-refractivity contribution in [3.8, 4) is 6.07 Å². The lowest BCUT2D eigenvalue weighted by molar-refractivity contribution is 0.102. The van der Waals surface area contributed by atoms with Crippen LogP contribution in [0.25, 0.3) is 0 Å². The number of benzene rings is 1. The summed E-state index contributed by atoms with van der Waals surface area (Å²) in [5, 5.41) is 11.7. The van der Waals surface area contributed by atoms with E-state index in [0.29, 0.717) is 22.9 Å². The van der Waals surface area contributed by atoms with Crippen LogP contribution in [0.4, 0.5) is 17.5 Å². The van der Waals surface area contributed by atoms with Crippen LogP contribution in [-0.4, -0.2) is 47.0 Å². The molecule has 4 rings (SSSR count). The highest BCUT2D eigenvalue weighted by Crippen LogP contribution is 2.18. The first-order valence-electron chi connectivity index (χ1n) is 9.70.